The molecule has 1 aromatic carbocycles. The van der Waals surface area contributed by atoms with E-state index in [4.69, 9.17) is 32.2 Å². The third-order valence-electron chi connectivity index (χ3n) is 3.88. The second-order valence-electron chi connectivity index (χ2n) is 5.98. The van der Waals surface area contributed by atoms with Crippen LogP contribution in [0.1, 0.15) is 30.4 Å². The first kappa shape index (κ1) is 21.3. The molecule has 1 amide bonds. The summed E-state index contributed by atoms with van der Waals surface area (Å²) in [5.41, 5.74) is 1.48. The van der Waals surface area contributed by atoms with Gasteiger partial charge in [-0.25, -0.2) is 4.79 Å². The largest absolute Gasteiger partial charge is 0.453 e. The number of amides is 1. The molecule has 0 saturated carbocycles. The SMILES string of the molecule is C#CCC(CCCc1ccc(C)cc1Cl)(COCOC)NC(=O)OC. The van der Waals surface area contributed by atoms with E-state index in [2.05, 4.69) is 11.2 Å². The smallest absolute Gasteiger partial charge is 0.407 e. The molecule has 1 rings (SSSR count). The fraction of sp³-hybridized carbons (Fsp3) is 0.526. The molecule has 0 aromatic heterocycles. The minimum atomic E-state index is -0.711. The minimum absolute atomic E-state index is 0.124. The van der Waals surface area contributed by atoms with E-state index in [0.29, 0.717) is 12.8 Å². The van der Waals surface area contributed by atoms with Crippen LogP contribution in [0, 0.1) is 19.3 Å². The molecule has 1 atom stereocenters. The van der Waals surface area contributed by atoms with Crippen LogP contribution in [-0.2, 0) is 20.6 Å². The van der Waals surface area contributed by atoms with Crippen molar-refractivity contribution in [1.82, 2.24) is 5.32 Å². The van der Waals surface area contributed by atoms with Gasteiger partial charge in [0.15, 0.2) is 0 Å². The third-order valence-corrected chi connectivity index (χ3v) is 4.23. The van der Waals surface area contributed by atoms with E-state index in [1.165, 1.54) is 14.2 Å². The maximum atomic E-state index is 11.7. The van der Waals surface area contributed by atoms with Gasteiger partial charge in [0.05, 0.1) is 19.3 Å². The fourth-order valence-electron chi connectivity index (χ4n) is 2.61. The van der Waals surface area contributed by atoms with E-state index in [1.807, 2.05) is 25.1 Å². The van der Waals surface area contributed by atoms with Crippen LogP contribution in [0.25, 0.3) is 0 Å². The van der Waals surface area contributed by atoms with Crippen LogP contribution in [0.15, 0.2) is 18.2 Å². The lowest BCUT2D eigenvalue weighted by Gasteiger charge is -2.32. The number of methoxy groups -OCH3 is 2. The first-order valence-corrected chi connectivity index (χ1v) is 8.45. The van der Waals surface area contributed by atoms with Gasteiger partial charge in [-0.15, -0.1) is 12.3 Å². The number of benzene rings is 1. The Labute approximate surface area is 155 Å². The zero-order valence-electron chi connectivity index (χ0n) is 15.1. The first-order valence-electron chi connectivity index (χ1n) is 8.07. The van der Waals surface area contributed by atoms with Gasteiger partial charge < -0.3 is 19.5 Å². The summed E-state index contributed by atoms with van der Waals surface area (Å²) in [6.07, 6.45) is 7.48. The molecule has 6 heteroatoms. The zero-order chi connectivity index (χ0) is 18.7. The van der Waals surface area contributed by atoms with Crippen LogP contribution >= 0.6 is 11.6 Å². The van der Waals surface area contributed by atoms with Crippen LogP contribution in [-0.4, -0.2) is 39.3 Å². The summed E-state index contributed by atoms with van der Waals surface area (Å²) in [6.45, 7) is 2.36. The summed E-state index contributed by atoms with van der Waals surface area (Å²) >= 11 is 6.29. The Morgan fingerprint density at radius 2 is 2.16 bits per heavy atom. The van der Waals surface area contributed by atoms with Crippen LogP contribution in [0.3, 0.4) is 0 Å². The van der Waals surface area contributed by atoms with E-state index in [9.17, 15) is 4.79 Å². The monoisotopic (exact) mass is 367 g/mol. The third kappa shape index (κ3) is 7.35. The summed E-state index contributed by atoms with van der Waals surface area (Å²) in [7, 11) is 2.86. The molecule has 138 valence electrons. The summed E-state index contributed by atoms with van der Waals surface area (Å²) in [4.78, 5) is 11.7. The number of ether oxygens (including phenoxy) is 3. The van der Waals surface area contributed by atoms with Crippen molar-refractivity contribution in [2.24, 2.45) is 0 Å². The van der Waals surface area contributed by atoms with Gasteiger partial charge in [0, 0.05) is 18.6 Å². The van der Waals surface area contributed by atoms with Crippen LogP contribution in [0.4, 0.5) is 4.79 Å². The van der Waals surface area contributed by atoms with Crippen molar-refractivity contribution in [1.29, 1.82) is 0 Å². The number of nitrogens with one attached hydrogen (secondary N) is 1. The second-order valence-corrected chi connectivity index (χ2v) is 6.39. The van der Waals surface area contributed by atoms with Gasteiger partial charge >= 0.3 is 6.09 Å². The average molecular weight is 368 g/mol. The number of aryl methyl sites for hydroxylation is 2. The molecule has 0 radical (unpaired) electrons. The van der Waals surface area contributed by atoms with Crippen molar-refractivity contribution in [3.63, 3.8) is 0 Å². The number of terminal acetylenes is 1. The highest BCUT2D eigenvalue weighted by Gasteiger charge is 2.32. The summed E-state index contributed by atoms with van der Waals surface area (Å²) in [5, 5.41) is 3.58. The normalized spacial score (nSPS) is 12.9. The summed E-state index contributed by atoms with van der Waals surface area (Å²) in [5.74, 6) is 2.62. The standard InChI is InChI=1S/C19H26ClNO4/c1-5-10-19(13-25-14-23-3,21-18(22)24-4)11-6-7-16-9-8-15(2)12-17(16)20/h1,8-9,12H,6-7,10-11,13-14H2,2-4H3,(H,21,22). The van der Waals surface area contributed by atoms with E-state index in [-0.39, 0.29) is 13.4 Å². The molecule has 0 aliphatic rings. The topological polar surface area (TPSA) is 56.8 Å². The number of rotatable bonds is 10. The number of carbonyl (C=O) groups is 1. The number of hydrogen-bond donors (Lipinski definition) is 1. The molecule has 0 bridgehead atoms. The Morgan fingerprint density at radius 3 is 2.76 bits per heavy atom. The Kier molecular flexibility index (Phi) is 9.36. The maximum Gasteiger partial charge on any atom is 0.407 e. The van der Waals surface area contributed by atoms with Gasteiger partial charge in [-0.3, -0.25) is 0 Å². The number of carbonyl (C=O) groups excluding carboxylic acids is 1. The van der Waals surface area contributed by atoms with Crippen molar-refractivity contribution in [2.75, 3.05) is 27.6 Å². The molecule has 0 spiro atoms. The average Bonchev–Trinajstić information content (AvgIpc) is 2.57. The predicted octanol–water partition coefficient (Wildman–Crippen LogP) is 3.71. The van der Waals surface area contributed by atoms with E-state index in [1.54, 1.807) is 0 Å². The van der Waals surface area contributed by atoms with Crippen molar-refractivity contribution in [3.05, 3.63) is 34.3 Å². The molecule has 5 nitrogen and oxygen atoms in total. The highest BCUT2D eigenvalue weighted by atomic mass is 35.5. The Hall–Kier alpha value is -1.74. The second kappa shape index (κ2) is 11.0. The molecule has 1 N–H and O–H groups in total. The molecule has 0 heterocycles. The molecule has 0 fully saturated rings. The number of alkyl carbamates (subject to hydrolysis) is 1. The molecule has 0 saturated heterocycles. The van der Waals surface area contributed by atoms with Crippen molar-refractivity contribution in [2.45, 2.75) is 38.1 Å². The lowest BCUT2D eigenvalue weighted by Crippen LogP contribution is -2.52. The quantitative estimate of drug-likeness (QED) is 0.389. The predicted molar refractivity (Wildman–Crippen MR) is 98.7 cm³/mol. The van der Waals surface area contributed by atoms with Crippen molar-refractivity contribution >= 4 is 17.7 Å². The van der Waals surface area contributed by atoms with Crippen LogP contribution in [0.5, 0.6) is 0 Å². The van der Waals surface area contributed by atoms with E-state index < -0.39 is 11.6 Å². The van der Waals surface area contributed by atoms with Gasteiger partial charge in [-0.2, -0.15) is 0 Å². The Bertz CT molecular complexity index is 600. The summed E-state index contributed by atoms with van der Waals surface area (Å²) in [6, 6.07) is 6.00. The van der Waals surface area contributed by atoms with Crippen LogP contribution < -0.4 is 5.32 Å². The van der Waals surface area contributed by atoms with Gasteiger partial charge in [0.25, 0.3) is 0 Å². The molecule has 0 aliphatic heterocycles. The molecular formula is C19H26ClNO4. The fourth-order valence-corrected chi connectivity index (χ4v) is 2.94. The Balaban J connectivity index is 2.78. The summed E-state index contributed by atoms with van der Waals surface area (Å²) < 4.78 is 15.1. The van der Waals surface area contributed by atoms with E-state index >= 15 is 0 Å². The number of hydrogen-bond acceptors (Lipinski definition) is 4. The van der Waals surface area contributed by atoms with Gasteiger partial charge in [0.2, 0.25) is 0 Å². The van der Waals surface area contributed by atoms with Crippen LogP contribution in [0.2, 0.25) is 5.02 Å². The highest BCUT2D eigenvalue weighted by molar-refractivity contribution is 6.31. The van der Waals surface area contributed by atoms with E-state index in [0.717, 1.165) is 29.0 Å². The van der Waals surface area contributed by atoms with Gasteiger partial charge in [-0.1, -0.05) is 23.7 Å². The van der Waals surface area contributed by atoms with Gasteiger partial charge in [-0.05, 0) is 43.4 Å². The lowest BCUT2D eigenvalue weighted by atomic mass is 9.89. The highest BCUT2D eigenvalue weighted by Crippen LogP contribution is 2.24. The molecule has 1 unspecified atom stereocenters. The minimum Gasteiger partial charge on any atom is -0.453 e. The first-order chi connectivity index (χ1) is 12.0. The maximum absolute atomic E-state index is 11.7. The number of halogens is 1. The molecule has 25 heavy (non-hydrogen) atoms. The molecular weight excluding hydrogens is 342 g/mol. The van der Waals surface area contributed by atoms with Crippen molar-refractivity contribution < 1.29 is 19.0 Å². The van der Waals surface area contributed by atoms with Gasteiger partial charge in [0.1, 0.15) is 6.79 Å². The zero-order valence-corrected chi connectivity index (χ0v) is 15.8. The molecule has 0 aliphatic carbocycles. The van der Waals surface area contributed by atoms with Crippen molar-refractivity contribution in [3.8, 4) is 12.3 Å². The lowest BCUT2D eigenvalue weighted by molar-refractivity contribution is -0.0538. The Morgan fingerprint density at radius 1 is 1.40 bits per heavy atom. The molecule has 1 aromatic rings.